The Balaban J connectivity index is 2.15. The van der Waals surface area contributed by atoms with Crippen LogP contribution in [0.2, 0.25) is 0 Å². The molecule has 5 heteroatoms. The second-order valence-electron chi connectivity index (χ2n) is 3.46. The standard InChI is InChI=1S/C13H11N3O2/c1-17-12-3-2-4-13(9-12)18-11-7-5-10(6-8-11)15-16-14/h2-9H,1H3. The zero-order valence-corrected chi connectivity index (χ0v) is 9.78. The van der Waals surface area contributed by atoms with Gasteiger partial charge in [0, 0.05) is 16.7 Å². The smallest absolute Gasteiger partial charge is 0.131 e. The molecule has 2 aromatic carbocycles. The Labute approximate surface area is 104 Å². The van der Waals surface area contributed by atoms with Crippen molar-refractivity contribution >= 4 is 5.69 Å². The molecule has 0 bridgehead atoms. The normalized spacial score (nSPS) is 9.39. The predicted octanol–water partition coefficient (Wildman–Crippen LogP) is 4.43. The number of methoxy groups -OCH3 is 1. The van der Waals surface area contributed by atoms with Crippen LogP contribution in [0.5, 0.6) is 17.2 Å². The van der Waals surface area contributed by atoms with Gasteiger partial charge in [-0.05, 0) is 41.9 Å². The molecule has 0 spiro atoms. The van der Waals surface area contributed by atoms with E-state index in [2.05, 4.69) is 10.0 Å². The molecule has 0 aliphatic rings. The third-order valence-corrected chi connectivity index (χ3v) is 2.27. The van der Waals surface area contributed by atoms with E-state index in [1.165, 1.54) is 0 Å². The van der Waals surface area contributed by atoms with Crippen molar-refractivity contribution in [2.24, 2.45) is 5.11 Å². The first-order valence-electron chi connectivity index (χ1n) is 5.29. The van der Waals surface area contributed by atoms with Crippen LogP contribution in [0.15, 0.2) is 53.6 Å². The molecule has 90 valence electrons. The Morgan fingerprint density at radius 2 is 1.72 bits per heavy atom. The van der Waals surface area contributed by atoms with Crippen LogP contribution < -0.4 is 9.47 Å². The third kappa shape index (κ3) is 2.93. The van der Waals surface area contributed by atoms with E-state index >= 15 is 0 Å². The summed E-state index contributed by atoms with van der Waals surface area (Å²) in [5.41, 5.74) is 8.85. The lowest BCUT2D eigenvalue weighted by Gasteiger charge is -2.07. The average Bonchev–Trinajstić information content (AvgIpc) is 2.42. The van der Waals surface area contributed by atoms with Gasteiger partial charge in [0.1, 0.15) is 17.2 Å². The van der Waals surface area contributed by atoms with E-state index in [9.17, 15) is 0 Å². The first kappa shape index (κ1) is 11.8. The van der Waals surface area contributed by atoms with Crippen LogP contribution in [0.4, 0.5) is 5.69 Å². The van der Waals surface area contributed by atoms with Gasteiger partial charge in [0.25, 0.3) is 0 Å². The van der Waals surface area contributed by atoms with E-state index in [1.807, 2.05) is 18.2 Å². The number of hydrogen-bond donors (Lipinski definition) is 0. The summed E-state index contributed by atoms with van der Waals surface area (Å²) in [6.45, 7) is 0. The quantitative estimate of drug-likeness (QED) is 0.451. The largest absolute Gasteiger partial charge is 0.497 e. The second kappa shape index (κ2) is 5.61. The lowest BCUT2D eigenvalue weighted by molar-refractivity contribution is 0.409. The molecule has 5 nitrogen and oxygen atoms in total. The molecule has 0 heterocycles. The summed E-state index contributed by atoms with van der Waals surface area (Å²) in [6.07, 6.45) is 0. The Hall–Kier alpha value is -2.65. The van der Waals surface area contributed by atoms with Gasteiger partial charge >= 0.3 is 0 Å². The Morgan fingerprint density at radius 3 is 2.39 bits per heavy atom. The van der Waals surface area contributed by atoms with Crippen LogP contribution in [-0.4, -0.2) is 7.11 Å². The SMILES string of the molecule is COc1cccc(Oc2ccc(N=[N+]=[N-])cc2)c1. The van der Waals surface area contributed by atoms with Crippen molar-refractivity contribution in [3.63, 3.8) is 0 Å². The van der Waals surface area contributed by atoms with Crippen molar-refractivity contribution in [3.05, 3.63) is 59.0 Å². The van der Waals surface area contributed by atoms with Gasteiger partial charge in [-0.3, -0.25) is 0 Å². The molecule has 0 atom stereocenters. The molecule has 0 aromatic heterocycles. The molecule has 0 aliphatic heterocycles. The highest BCUT2D eigenvalue weighted by molar-refractivity contribution is 5.43. The van der Waals surface area contributed by atoms with E-state index in [4.69, 9.17) is 15.0 Å². The van der Waals surface area contributed by atoms with Crippen molar-refractivity contribution in [1.82, 2.24) is 0 Å². The number of nitrogens with zero attached hydrogens (tertiary/aromatic N) is 3. The van der Waals surface area contributed by atoms with E-state index in [0.29, 0.717) is 17.2 Å². The summed E-state index contributed by atoms with van der Waals surface area (Å²) < 4.78 is 10.7. The number of rotatable bonds is 4. The molecule has 0 fully saturated rings. The minimum atomic E-state index is 0.551. The minimum Gasteiger partial charge on any atom is -0.497 e. The van der Waals surface area contributed by atoms with Crippen LogP contribution in [-0.2, 0) is 0 Å². The van der Waals surface area contributed by atoms with Crippen LogP contribution >= 0.6 is 0 Å². The van der Waals surface area contributed by atoms with Gasteiger partial charge in [-0.25, -0.2) is 0 Å². The fraction of sp³-hybridized carbons (Fsp3) is 0.0769. The zero-order chi connectivity index (χ0) is 12.8. The van der Waals surface area contributed by atoms with Crippen molar-refractivity contribution in [2.75, 3.05) is 7.11 Å². The lowest BCUT2D eigenvalue weighted by Crippen LogP contribution is -1.86. The maximum absolute atomic E-state index is 8.30. The van der Waals surface area contributed by atoms with Gasteiger partial charge in [0.2, 0.25) is 0 Å². The fourth-order valence-corrected chi connectivity index (χ4v) is 1.43. The average molecular weight is 241 g/mol. The summed E-state index contributed by atoms with van der Waals surface area (Å²) in [6, 6.07) is 14.2. The first-order valence-corrected chi connectivity index (χ1v) is 5.29. The molecule has 18 heavy (non-hydrogen) atoms. The summed E-state index contributed by atoms with van der Waals surface area (Å²) in [5, 5.41) is 3.49. The molecule has 0 saturated carbocycles. The van der Waals surface area contributed by atoms with Crippen LogP contribution in [0.1, 0.15) is 0 Å². The van der Waals surface area contributed by atoms with E-state index < -0.39 is 0 Å². The van der Waals surface area contributed by atoms with Crippen molar-refractivity contribution in [1.29, 1.82) is 0 Å². The molecule has 0 aliphatic carbocycles. The molecule has 0 radical (unpaired) electrons. The number of azide groups is 1. The molecule has 0 N–H and O–H groups in total. The highest BCUT2D eigenvalue weighted by Crippen LogP contribution is 2.26. The van der Waals surface area contributed by atoms with Crippen molar-refractivity contribution < 1.29 is 9.47 Å². The van der Waals surface area contributed by atoms with Crippen LogP contribution in [0.25, 0.3) is 10.4 Å². The molecule has 0 saturated heterocycles. The van der Waals surface area contributed by atoms with Crippen molar-refractivity contribution in [3.8, 4) is 17.2 Å². The zero-order valence-electron chi connectivity index (χ0n) is 9.78. The van der Waals surface area contributed by atoms with Gasteiger partial charge in [-0.15, -0.1) is 0 Å². The molecule has 0 amide bonds. The fourth-order valence-electron chi connectivity index (χ4n) is 1.43. The number of ether oxygens (including phenoxy) is 2. The van der Waals surface area contributed by atoms with E-state index in [0.717, 1.165) is 5.75 Å². The summed E-state index contributed by atoms with van der Waals surface area (Å²) >= 11 is 0. The van der Waals surface area contributed by atoms with E-state index in [1.54, 1.807) is 37.4 Å². The second-order valence-corrected chi connectivity index (χ2v) is 3.46. The number of hydrogen-bond acceptors (Lipinski definition) is 3. The first-order chi connectivity index (χ1) is 8.81. The molecule has 2 rings (SSSR count). The van der Waals surface area contributed by atoms with Gasteiger partial charge in [-0.1, -0.05) is 11.2 Å². The van der Waals surface area contributed by atoms with Gasteiger partial charge in [-0.2, -0.15) is 0 Å². The predicted molar refractivity (Wildman–Crippen MR) is 68.3 cm³/mol. The Bertz CT molecular complexity index is 575. The summed E-state index contributed by atoms with van der Waals surface area (Å²) in [5.74, 6) is 2.09. The number of benzene rings is 2. The van der Waals surface area contributed by atoms with Gasteiger partial charge in [0.15, 0.2) is 0 Å². The minimum absolute atomic E-state index is 0.551. The molecular formula is C13H11N3O2. The van der Waals surface area contributed by atoms with Crippen LogP contribution in [0.3, 0.4) is 0 Å². The lowest BCUT2D eigenvalue weighted by atomic mass is 10.3. The summed E-state index contributed by atoms with van der Waals surface area (Å²) in [4.78, 5) is 2.71. The maximum atomic E-state index is 8.30. The van der Waals surface area contributed by atoms with Crippen LogP contribution in [0, 0.1) is 0 Å². The van der Waals surface area contributed by atoms with E-state index in [-0.39, 0.29) is 0 Å². The van der Waals surface area contributed by atoms with Gasteiger partial charge < -0.3 is 9.47 Å². The highest BCUT2D eigenvalue weighted by Gasteiger charge is 1.99. The Kier molecular flexibility index (Phi) is 3.69. The molecule has 2 aromatic rings. The third-order valence-electron chi connectivity index (χ3n) is 2.27. The molecular weight excluding hydrogens is 230 g/mol. The highest BCUT2D eigenvalue weighted by atomic mass is 16.5. The maximum Gasteiger partial charge on any atom is 0.131 e. The topological polar surface area (TPSA) is 67.2 Å². The monoisotopic (exact) mass is 241 g/mol. The Morgan fingerprint density at radius 1 is 1.00 bits per heavy atom. The van der Waals surface area contributed by atoms with Crippen molar-refractivity contribution in [2.45, 2.75) is 0 Å². The van der Waals surface area contributed by atoms with Gasteiger partial charge in [0.05, 0.1) is 7.11 Å². The molecule has 0 unspecified atom stereocenters. The summed E-state index contributed by atoms with van der Waals surface area (Å²) in [7, 11) is 1.60.